The summed E-state index contributed by atoms with van der Waals surface area (Å²) in [5, 5.41) is 8.98. The van der Waals surface area contributed by atoms with Crippen LogP contribution in [0.5, 0.6) is 0 Å². The van der Waals surface area contributed by atoms with E-state index < -0.39 is 9.84 Å². The van der Waals surface area contributed by atoms with Crippen molar-refractivity contribution >= 4 is 21.2 Å². The summed E-state index contributed by atoms with van der Waals surface area (Å²) in [6, 6.07) is 12.6. The molecule has 3 nitrogen and oxygen atoms in total. The van der Waals surface area contributed by atoms with E-state index in [0.29, 0.717) is 9.77 Å². The van der Waals surface area contributed by atoms with Crippen molar-refractivity contribution in [2.24, 2.45) is 0 Å². The number of rotatable bonds is 2. The van der Waals surface area contributed by atoms with Gasteiger partial charge in [0.1, 0.15) is 4.21 Å². The molecule has 0 aliphatic rings. The van der Waals surface area contributed by atoms with E-state index in [9.17, 15) is 8.42 Å². The van der Waals surface area contributed by atoms with Crippen molar-refractivity contribution in [3.8, 4) is 16.5 Å². The number of hydrogen-bond acceptors (Lipinski definition) is 4. The molecule has 0 N–H and O–H groups in total. The molecule has 0 bridgehead atoms. The summed E-state index contributed by atoms with van der Waals surface area (Å²) in [5.74, 6) is 0. The van der Waals surface area contributed by atoms with Gasteiger partial charge in [-0.15, -0.1) is 11.3 Å². The fourth-order valence-corrected chi connectivity index (χ4v) is 3.43. The summed E-state index contributed by atoms with van der Waals surface area (Å²) in [4.78, 5) is 0.794. The van der Waals surface area contributed by atoms with Gasteiger partial charge in [-0.2, -0.15) is 5.26 Å². The van der Waals surface area contributed by atoms with Crippen molar-refractivity contribution < 1.29 is 8.42 Å². The number of nitriles is 1. The van der Waals surface area contributed by atoms with Gasteiger partial charge in [-0.1, -0.05) is 18.2 Å². The maximum absolute atomic E-state index is 11.4. The molecule has 0 fully saturated rings. The van der Waals surface area contributed by atoms with Gasteiger partial charge in [-0.25, -0.2) is 8.42 Å². The Hall–Kier alpha value is -1.64. The Kier molecular flexibility index (Phi) is 3.01. The number of hydrogen-bond donors (Lipinski definition) is 0. The highest BCUT2D eigenvalue weighted by Gasteiger charge is 2.13. The topological polar surface area (TPSA) is 57.9 Å². The van der Waals surface area contributed by atoms with E-state index in [2.05, 4.69) is 6.07 Å². The molecule has 2 aromatic rings. The Bertz CT molecular complexity index is 693. The summed E-state index contributed by atoms with van der Waals surface area (Å²) >= 11 is 1.18. The standard InChI is InChI=1S/C12H9NO2S2/c1-17(14,15)12-7-6-11(16-12)10-5-3-2-4-9(10)8-13/h2-7H,1H3. The molecule has 0 unspecified atom stereocenters. The molecule has 1 aromatic carbocycles. The Morgan fingerprint density at radius 1 is 1.18 bits per heavy atom. The molecule has 1 heterocycles. The van der Waals surface area contributed by atoms with E-state index in [1.807, 2.05) is 12.1 Å². The number of sulfone groups is 1. The van der Waals surface area contributed by atoms with Crippen LogP contribution in [0.15, 0.2) is 40.6 Å². The second-order valence-electron chi connectivity index (χ2n) is 3.55. The maximum Gasteiger partial charge on any atom is 0.184 e. The zero-order valence-corrected chi connectivity index (χ0v) is 10.7. The predicted octanol–water partition coefficient (Wildman–Crippen LogP) is 2.69. The first kappa shape index (κ1) is 11.8. The Morgan fingerprint density at radius 3 is 2.47 bits per heavy atom. The highest BCUT2D eigenvalue weighted by molar-refractivity contribution is 7.92. The van der Waals surface area contributed by atoms with E-state index in [4.69, 9.17) is 5.26 Å². The highest BCUT2D eigenvalue weighted by Crippen LogP contribution is 2.32. The van der Waals surface area contributed by atoms with Crippen LogP contribution in [0.4, 0.5) is 0 Å². The fraction of sp³-hybridized carbons (Fsp3) is 0.0833. The zero-order valence-electron chi connectivity index (χ0n) is 9.04. The summed E-state index contributed by atoms with van der Waals surface area (Å²) in [5.41, 5.74) is 1.32. The SMILES string of the molecule is CS(=O)(=O)c1ccc(-c2ccccc2C#N)s1. The van der Waals surface area contributed by atoms with Gasteiger partial charge in [-0.05, 0) is 18.2 Å². The quantitative estimate of drug-likeness (QED) is 0.837. The van der Waals surface area contributed by atoms with E-state index in [1.54, 1.807) is 24.3 Å². The molecule has 0 aliphatic heterocycles. The van der Waals surface area contributed by atoms with Crippen LogP contribution in [0.3, 0.4) is 0 Å². The lowest BCUT2D eigenvalue weighted by Crippen LogP contribution is -1.91. The largest absolute Gasteiger partial charge is 0.223 e. The lowest BCUT2D eigenvalue weighted by molar-refractivity contribution is 0.604. The molecule has 0 saturated heterocycles. The molecule has 17 heavy (non-hydrogen) atoms. The van der Waals surface area contributed by atoms with Crippen LogP contribution < -0.4 is 0 Å². The third-order valence-corrected chi connectivity index (χ3v) is 5.20. The van der Waals surface area contributed by atoms with Crippen LogP contribution >= 0.6 is 11.3 Å². The van der Waals surface area contributed by atoms with Crippen molar-refractivity contribution in [2.75, 3.05) is 6.26 Å². The van der Waals surface area contributed by atoms with Gasteiger partial charge in [0.2, 0.25) is 0 Å². The highest BCUT2D eigenvalue weighted by atomic mass is 32.2. The molecular weight excluding hydrogens is 254 g/mol. The molecule has 0 spiro atoms. The normalized spacial score (nSPS) is 11.1. The van der Waals surface area contributed by atoms with Crippen LogP contribution in [0, 0.1) is 11.3 Å². The number of thiophene rings is 1. The molecule has 0 saturated carbocycles. The molecule has 0 radical (unpaired) electrons. The number of benzene rings is 1. The molecular formula is C12H9NO2S2. The first-order valence-corrected chi connectivity index (χ1v) is 7.52. The maximum atomic E-state index is 11.4. The second-order valence-corrected chi connectivity index (χ2v) is 6.87. The first-order chi connectivity index (χ1) is 8.02. The Balaban J connectivity index is 2.56. The summed E-state index contributed by atoms with van der Waals surface area (Å²) < 4.78 is 23.1. The molecule has 0 atom stereocenters. The van der Waals surface area contributed by atoms with Crippen molar-refractivity contribution in [1.82, 2.24) is 0 Å². The molecule has 2 rings (SSSR count). The molecule has 0 amide bonds. The van der Waals surface area contributed by atoms with E-state index in [-0.39, 0.29) is 0 Å². The number of nitrogens with zero attached hydrogens (tertiary/aromatic N) is 1. The molecule has 86 valence electrons. The lowest BCUT2D eigenvalue weighted by Gasteiger charge is -1.99. The lowest BCUT2D eigenvalue weighted by atomic mass is 10.1. The average molecular weight is 263 g/mol. The summed E-state index contributed by atoms with van der Waals surface area (Å²) in [6.07, 6.45) is 1.18. The van der Waals surface area contributed by atoms with Crippen LogP contribution in [-0.2, 0) is 9.84 Å². The third-order valence-electron chi connectivity index (χ3n) is 2.26. The van der Waals surface area contributed by atoms with Gasteiger partial charge in [0, 0.05) is 16.7 Å². The van der Waals surface area contributed by atoms with E-state index in [0.717, 1.165) is 10.4 Å². The van der Waals surface area contributed by atoms with Gasteiger partial charge in [-0.3, -0.25) is 0 Å². The minimum Gasteiger partial charge on any atom is -0.223 e. The minimum absolute atomic E-state index is 0.320. The first-order valence-electron chi connectivity index (χ1n) is 4.82. The second kappa shape index (κ2) is 4.32. The van der Waals surface area contributed by atoms with E-state index in [1.165, 1.54) is 17.6 Å². The zero-order chi connectivity index (χ0) is 12.5. The van der Waals surface area contributed by atoms with Gasteiger partial charge >= 0.3 is 0 Å². The third kappa shape index (κ3) is 2.38. The fourth-order valence-electron chi connectivity index (χ4n) is 1.46. The van der Waals surface area contributed by atoms with Crippen LogP contribution in [0.1, 0.15) is 5.56 Å². The molecule has 5 heteroatoms. The van der Waals surface area contributed by atoms with E-state index >= 15 is 0 Å². The summed E-state index contributed by atoms with van der Waals surface area (Å²) in [6.45, 7) is 0. The van der Waals surface area contributed by atoms with Crippen molar-refractivity contribution in [2.45, 2.75) is 4.21 Å². The average Bonchev–Trinajstić information content (AvgIpc) is 2.77. The van der Waals surface area contributed by atoms with Crippen LogP contribution in [0.2, 0.25) is 0 Å². The van der Waals surface area contributed by atoms with Crippen LogP contribution in [0.25, 0.3) is 10.4 Å². The smallest absolute Gasteiger partial charge is 0.184 e. The van der Waals surface area contributed by atoms with Crippen molar-refractivity contribution in [3.63, 3.8) is 0 Å². The summed E-state index contributed by atoms with van der Waals surface area (Å²) in [7, 11) is -3.17. The minimum atomic E-state index is -3.17. The van der Waals surface area contributed by atoms with Gasteiger partial charge in [0.05, 0.1) is 11.6 Å². The van der Waals surface area contributed by atoms with Crippen LogP contribution in [-0.4, -0.2) is 14.7 Å². The van der Waals surface area contributed by atoms with Crippen molar-refractivity contribution in [3.05, 3.63) is 42.0 Å². The molecule has 0 aliphatic carbocycles. The van der Waals surface area contributed by atoms with Gasteiger partial charge in [0.25, 0.3) is 0 Å². The monoisotopic (exact) mass is 263 g/mol. The van der Waals surface area contributed by atoms with Gasteiger partial charge < -0.3 is 0 Å². The predicted molar refractivity (Wildman–Crippen MR) is 67.6 cm³/mol. The van der Waals surface area contributed by atoms with Gasteiger partial charge in [0.15, 0.2) is 9.84 Å². The van der Waals surface area contributed by atoms with Crippen molar-refractivity contribution in [1.29, 1.82) is 5.26 Å². The molecule has 1 aromatic heterocycles. The Morgan fingerprint density at radius 2 is 1.88 bits per heavy atom. The Labute approximate surface area is 104 Å².